The molecule has 0 heterocycles. The van der Waals surface area contributed by atoms with Gasteiger partial charge in [0.15, 0.2) is 0 Å². The Balaban J connectivity index is 1.73. The SMILES string of the molecule is O=C(O)C1(C2CC3CC(O)C2C3)CC2C=CC1C2. The van der Waals surface area contributed by atoms with Crippen molar-refractivity contribution in [3.05, 3.63) is 12.2 Å². The van der Waals surface area contributed by atoms with Crippen LogP contribution in [0.5, 0.6) is 0 Å². The predicted molar refractivity (Wildman–Crippen MR) is 65.8 cm³/mol. The van der Waals surface area contributed by atoms with E-state index >= 15 is 0 Å². The molecule has 3 saturated carbocycles. The van der Waals surface area contributed by atoms with Crippen LogP contribution in [0.1, 0.15) is 32.1 Å². The highest BCUT2D eigenvalue weighted by atomic mass is 16.4. The zero-order valence-corrected chi connectivity index (χ0v) is 10.5. The topological polar surface area (TPSA) is 57.5 Å². The van der Waals surface area contributed by atoms with Crippen LogP contribution in [0.15, 0.2) is 12.2 Å². The van der Waals surface area contributed by atoms with Crippen LogP contribution in [0.4, 0.5) is 0 Å². The summed E-state index contributed by atoms with van der Waals surface area (Å²) in [5.74, 6) is 1.12. The molecule has 3 nitrogen and oxygen atoms in total. The van der Waals surface area contributed by atoms with E-state index in [1.54, 1.807) is 0 Å². The quantitative estimate of drug-likeness (QED) is 0.735. The first-order chi connectivity index (χ1) is 8.61. The summed E-state index contributed by atoms with van der Waals surface area (Å²) in [5, 5.41) is 20.0. The van der Waals surface area contributed by atoms with E-state index in [4.69, 9.17) is 0 Å². The van der Waals surface area contributed by atoms with Crippen molar-refractivity contribution in [1.29, 1.82) is 0 Å². The fraction of sp³-hybridized carbons (Fsp3) is 0.800. The molecule has 4 bridgehead atoms. The van der Waals surface area contributed by atoms with Crippen LogP contribution >= 0.6 is 0 Å². The summed E-state index contributed by atoms with van der Waals surface area (Å²) in [7, 11) is 0. The Bertz CT molecular complexity index is 429. The van der Waals surface area contributed by atoms with Gasteiger partial charge in [0.05, 0.1) is 11.5 Å². The summed E-state index contributed by atoms with van der Waals surface area (Å²) in [4.78, 5) is 12.0. The maximum absolute atomic E-state index is 12.0. The van der Waals surface area contributed by atoms with Gasteiger partial charge in [-0.3, -0.25) is 4.79 Å². The van der Waals surface area contributed by atoms with Crippen molar-refractivity contribution in [2.45, 2.75) is 38.2 Å². The fourth-order valence-corrected chi connectivity index (χ4v) is 5.63. The molecule has 3 heteroatoms. The van der Waals surface area contributed by atoms with Crippen LogP contribution in [0.2, 0.25) is 0 Å². The first kappa shape index (κ1) is 11.0. The highest BCUT2D eigenvalue weighted by Crippen LogP contribution is 2.64. The van der Waals surface area contributed by atoms with Gasteiger partial charge < -0.3 is 10.2 Å². The van der Waals surface area contributed by atoms with Crippen molar-refractivity contribution in [1.82, 2.24) is 0 Å². The highest BCUT2D eigenvalue weighted by molar-refractivity contribution is 5.77. The molecule has 3 fully saturated rings. The molecular weight excluding hydrogens is 228 g/mol. The molecular formula is C15H20O3. The number of carboxylic acids is 1. The van der Waals surface area contributed by atoms with Crippen LogP contribution in [0.3, 0.4) is 0 Å². The molecule has 98 valence electrons. The van der Waals surface area contributed by atoms with E-state index in [1.807, 2.05) is 0 Å². The van der Waals surface area contributed by atoms with Crippen LogP contribution < -0.4 is 0 Å². The molecule has 0 aromatic carbocycles. The lowest BCUT2D eigenvalue weighted by atomic mass is 9.61. The van der Waals surface area contributed by atoms with Crippen molar-refractivity contribution in [2.24, 2.45) is 35.0 Å². The lowest BCUT2D eigenvalue weighted by molar-refractivity contribution is -0.158. The lowest BCUT2D eigenvalue weighted by Gasteiger charge is -2.42. The highest BCUT2D eigenvalue weighted by Gasteiger charge is 2.63. The molecule has 18 heavy (non-hydrogen) atoms. The molecule has 0 aliphatic heterocycles. The summed E-state index contributed by atoms with van der Waals surface area (Å²) in [6.45, 7) is 0. The molecule has 0 spiro atoms. The summed E-state index contributed by atoms with van der Waals surface area (Å²) in [5.41, 5.74) is -0.555. The summed E-state index contributed by atoms with van der Waals surface area (Å²) in [6, 6.07) is 0. The average Bonchev–Trinajstić information content (AvgIpc) is 3.05. The molecule has 7 atom stereocenters. The van der Waals surface area contributed by atoms with Crippen molar-refractivity contribution >= 4 is 5.97 Å². The Morgan fingerprint density at radius 2 is 2.00 bits per heavy atom. The Morgan fingerprint density at radius 3 is 2.50 bits per heavy atom. The molecule has 0 aromatic rings. The van der Waals surface area contributed by atoms with E-state index in [0.717, 1.165) is 32.1 Å². The first-order valence-corrected chi connectivity index (χ1v) is 7.21. The van der Waals surface area contributed by atoms with Gasteiger partial charge in [-0.1, -0.05) is 12.2 Å². The lowest BCUT2D eigenvalue weighted by Crippen LogP contribution is -2.46. The van der Waals surface area contributed by atoms with Gasteiger partial charge >= 0.3 is 5.97 Å². The standard InChI is InChI=1S/C15H20O3/c16-13-6-9-4-11(13)12(5-9)15(14(17)18)7-8-1-2-10(15)3-8/h1-2,8-13,16H,3-7H2,(H,17,18). The van der Waals surface area contributed by atoms with Crippen molar-refractivity contribution in [3.63, 3.8) is 0 Å². The van der Waals surface area contributed by atoms with Gasteiger partial charge in [-0.15, -0.1) is 0 Å². The number of rotatable bonds is 2. The third-order valence-electron chi connectivity index (χ3n) is 6.27. The van der Waals surface area contributed by atoms with Gasteiger partial charge in [-0.25, -0.2) is 0 Å². The average molecular weight is 248 g/mol. The largest absolute Gasteiger partial charge is 0.481 e. The normalized spacial score (nSPS) is 56.5. The van der Waals surface area contributed by atoms with Crippen LogP contribution in [-0.2, 0) is 4.79 Å². The number of aliphatic carboxylic acids is 1. The van der Waals surface area contributed by atoms with E-state index < -0.39 is 11.4 Å². The van der Waals surface area contributed by atoms with E-state index in [-0.39, 0.29) is 23.9 Å². The smallest absolute Gasteiger partial charge is 0.310 e. The van der Waals surface area contributed by atoms with Gasteiger partial charge in [-0.05, 0) is 61.7 Å². The fourth-order valence-electron chi connectivity index (χ4n) is 5.63. The third-order valence-corrected chi connectivity index (χ3v) is 6.27. The van der Waals surface area contributed by atoms with Crippen LogP contribution in [0.25, 0.3) is 0 Å². The minimum absolute atomic E-state index is 0.212. The van der Waals surface area contributed by atoms with Gasteiger partial charge in [0, 0.05) is 0 Å². The van der Waals surface area contributed by atoms with Crippen molar-refractivity contribution in [2.75, 3.05) is 0 Å². The second-order valence-electron chi connectivity index (χ2n) is 6.95. The van der Waals surface area contributed by atoms with Crippen molar-refractivity contribution in [3.8, 4) is 0 Å². The molecule has 0 aromatic heterocycles. The monoisotopic (exact) mass is 248 g/mol. The zero-order chi connectivity index (χ0) is 12.5. The number of fused-ring (bicyclic) bond motifs is 4. The number of hydrogen-bond donors (Lipinski definition) is 2. The molecule has 0 radical (unpaired) electrons. The van der Waals surface area contributed by atoms with Gasteiger partial charge in [-0.2, -0.15) is 0 Å². The number of allylic oxidation sites excluding steroid dienone is 2. The second-order valence-corrected chi connectivity index (χ2v) is 6.95. The van der Waals surface area contributed by atoms with Gasteiger partial charge in [0.2, 0.25) is 0 Å². The number of hydrogen-bond acceptors (Lipinski definition) is 2. The predicted octanol–water partition coefficient (Wildman–Crippen LogP) is 2.06. The Labute approximate surface area is 107 Å². The summed E-state index contributed by atoms with van der Waals surface area (Å²) >= 11 is 0. The number of aliphatic hydroxyl groups is 1. The molecule has 0 amide bonds. The Morgan fingerprint density at radius 1 is 1.17 bits per heavy atom. The minimum Gasteiger partial charge on any atom is -0.481 e. The maximum Gasteiger partial charge on any atom is 0.310 e. The molecule has 7 unspecified atom stereocenters. The molecule has 0 saturated heterocycles. The second kappa shape index (κ2) is 3.38. The van der Waals surface area contributed by atoms with E-state index in [2.05, 4.69) is 12.2 Å². The minimum atomic E-state index is -0.607. The van der Waals surface area contributed by atoms with Gasteiger partial charge in [0.25, 0.3) is 0 Å². The molecule has 4 rings (SSSR count). The molecule has 4 aliphatic rings. The van der Waals surface area contributed by atoms with Gasteiger partial charge in [0.1, 0.15) is 0 Å². The maximum atomic E-state index is 12.0. The number of aliphatic hydroxyl groups excluding tert-OH is 1. The number of carbonyl (C=O) groups is 1. The number of carboxylic acid groups (broad SMARTS) is 1. The zero-order valence-electron chi connectivity index (χ0n) is 10.5. The third kappa shape index (κ3) is 1.16. The van der Waals surface area contributed by atoms with Crippen LogP contribution in [-0.4, -0.2) is 22.3 Å². The van der Waals surface area contributed by atoms with Crippen molar-refractivity contribution < 1.29 is 15.0 Å². The first-order valence-electron chi connectivity index (χ1n) is 7.21. The Kier molecular flexibility index (Phi) is 2.07. The van der Waals surface area contributed by atoms with E-state index in [0.29, 0.717) is 11.8 Å². The summed E-state index contributed by atoms with van der Waals surface area (Å²) < 4.78 is 0. The molecule has 4 aliphatic carbocycles. The molecule has 2 N–H and O–H groups in total. The summed E-state index contributed by atoms with van der Waals surface area (Å²) in [6.07, 6.45) is 8.93. The Hall–Kier alpha value is -0.830. The van der Waals surface area contributed by atoms with E-state index in [1.165, 1.54) is 0 Å². The van der Waals surface area contributed by atoms with Crippen LogP contribution in [0, 0.1) is 35.0 Å². The van der Waals surface area contributed by atoms with E-state index in [9.17, 15) is 15.0 Å².